The zero-order chi connectivity index (χ0) is 13.6. The fourth-order valence-electron chi connectivity index (χ4n) is 2.90. The van der Waals surface area contributed by atoms with Gasteiger partial charge in [0.2, 0.25) is 0 Å². The molecule has 104 valence electrons. The summed E-state index contributed by atoms with van der Waals surface area (Å²) in [7, 11) is 0. The van der Waals surface area contributed by atoms with Gasteiger partial charge in [-0.15, -0.1) is 11.3 Å². The van der Waals surface area contributed by atoms with Crippen LogP contribution in [0, 0.1) is 5.92 Å². The molecule has 5 heteroatoms. The van der Waals surface area contributed by atoms with Crippen LogP contribution in [-0.2, 0) is 12.8 Å². The van der Waals surface area contributed by atoms with E-state index in [1.807, 2.05) is 6.07 Å². The highest BCUT2D eigenvalue weighted by Gasteiger charge is 2.34. The van der Waals surface area contributed by atoms with E-state index in [4.69, 9.17) is 0 Å². The van der Waals surface area contributed by atoms with Crippen LogP contribution in [0.4, 0.5) is 0 Å². The zero-order valence-corrected chi connectivity index (χ0v) is 11.8. The average Bonchev–Trinajstić information content (AvgIpc) is 2.92. The molecule has 0 saturated carbocycles. The molecule has 4 nitrogen and oxygen atoms in total. The van der Waals surface area contributed by atoms with E-state index in [2.05, 4.69) is 6.92 Å². The Labute approximate surface area is 116 Å². The Morgan fingerprint density at radius 1 is 1.37 bits per heavy atom. The summed E-state index contributed by atoms with van der Waals surface area (Å²) in [6.07, 6.45) is 1.71. The molecule has 1 aromatic rings. The van der Waals surface area contributed by atoms with Crippen LogP contribution in [0.1, 0.15) is 33.5 Å². The summed E-state index contributed by atoms with van der Waals surface area (Å²) in [5, 5.41) is 19.0. The van der Waals surface area contributed by atoms with Crippen LogP contribution in [0.15, 0.2) is 6.07 Å². The van der Waals surface area contributed by atoms with Gasteiger partial charge in [-0.1, -0.05) is 6.92 Å². The minimum absolute atomic E-state index is 0.0531. The smallest absolute Gasteiger partial charge is 0.264 e. The molecule has 2 aliphatic rings. The van der Waals surface area contributed by atoms with Crippen LogP contribution in [0.2, 0.25) is 0 Å². The van der Waals surface area contributed by atoms with E-state index in [1.54, 1.807) is 16.2 Å². The Balaban J connectivity index is 1.78. The van der Waals surface area contributed by atoms with Gasteiger partial charge in [0.1, 0.15) is 0 Å². The van der Waals surface area contributed by atoms with Crippen molar-refractivity contribution in [3.63, 3.8) is 0 Å². The molecule has 1 aromatic heterocycles. The van der Waals surface area contributed by atoms with Crippen molar-refractivity contribution in [2.45, 2.75) is 38.4 Å². The van der Waals surface area contributed by atoms with Gasteiger partial charge in [-0.25, -0.2) is 0 Å². The van der Waals surface area contributed by atoms with Crippen molar-refractivity contribution in [3.8, 4) is 0 Å². The number of amides is 1. The maximum Gasteiger partial charge on any atom is 0.264 e. The van der Waals surface area contributed by atoms with E-state index in [-0.39, 0.29) is 19.0 Å². The number of hydrogen-bond donors (Lipinski definition) is 2. The number of carbonyl (C=O) groups is 1. The van der Waals surface area contributed by atoms with Crippen LogP contribution in [-0.4, -0.2) is 46.3 Å². The lowest BCUT2D eigenvalue weighted by Crippen LogP contribution is -2.29. The summed E-state index contributed by atoms with van der Waals surface area (Å²) >= 11 is 1.58. The molecule has 1 aliphatic carbocycles. The maximum atomic E-state index is 12.4. The molecule has 19 heavy (non-hydrogen) atoms. The molecule has 0 spiro atoms. The summed E-state index contributed by atoms with van der Waals surface area (Å²) in [6, 6.07) is 2.01. The molecule has 1 fully saturated rings. The van der Waals surface area contributed by atoms with Crippen molar-refractivity contribution >= 4 is 17.2 Å². The Bertz CT molecular complexity index is 489. The predicted molar refractivity (Wildman–Crippen MR) is 73.4 cm³/mol. The summed E-state index contributed by atoms with van der Waals surface area (Å²) < 4.78 is 0. The molecule has 2 heterocycles. The lowest BCUT2D eigenvalue weighted by molar-refractivity contribution is 0.0572. The number of aliphatic hydroxyl groups excluding tert-OH is 2. The highest BCUT2D eigenvalue weighted by Crippen LogP contribution is 2.33. The van der Waals surface area contributed by atoms with Crippen molar-refractivity contribution < 1.29 is 15.0 Å². The first kappa shape index (κ1) is 13.1. The van der Waals surface area contributed by atoms with Gasteiger partial charge >= 0.3 is 0 Å². The first-order valence-electron chi connectivity index (χ1n) is 6.81. The van der Waals surface area contributed by atoms with E-state index < -0.39 is 12.2 Å². The highest BCUT2D eigenvalue weighted by molar-refractivity contribution is 7.14. The van der Waals surface area contributed by atoms with Gasteiger partial charge in [-0.3, -0.25) is 4.79 Å². The van der Waals surface area contributed by atoms with E-state index in [9.17, 15) is 15.0 Å². The molecule has 2 N–H and O–H groups in total. The standard InChI is InChI=1S/C14H19NO3S/c1-8-2-3-12-9(4-8)5-13(19-12)14(18)15-6-10(16)11(17)7-15/h5,8,10-11,16-17H,2-4,6-7H2,1H3. The van der Waals surface area contributed by atoms with Gasteiger partial charge in [0.15, 0.2) is 0 Å². The third kappa shape index (κ3) is 2.42. The fourth-order valence-corrected chi connectivity index (χ4v) is 4.08. The Kier molecular flexibility index (Phi) is 3.37. The molecule has 3 atom stereocenters. The monoisotopic (exact) mass is 281 g/mol. The lowest BCUT2D eigenvalue weighted by atomic mass is 9.90. The van der Waals surface area contributed by atoms with Crippen molar-refractivity contribution in [3.05, 3.63) is 21.4 Å². The molecule has 1 saturated heterocycles. The molecule has 1 aliphatic heterocycles. The molecular formula is C14H19NO3S. The third-order valence-electron chi connectivity index (χ3n) is 4.09. The van der Waals surface area contributed by atoms with Gasteiger partial charge in [0.05, 0.1) is 17.1 Å². The van der Waals surface area contributed by atoms with Crippen LogP contribution in [0.25, 0.3) is 0 Å². The molecule has 0 bridgehead atoms. The van der Waals surface area contributed by atoms with Crippen LogP contribution in [0.5, 0.6) is 0 Å². The van der Waals surface area contributed by atoms with Crippen LogP contribution < -0.4 is 0 Å². The second-order valence-electron chi connectivity index (χ2n) is 5.75. The Morgan fingerprint density at radius 2 is 2.05 bits per heavy atom. The Hall–Kier alpha value is -0.910. The fraction of sp³-hybridized carbons (Fsp3) is 0.643. The molecule has 0 radical (unpaired) electrons. The van der Waals surface area contributed by atoms with Crippen LogP contribution in [0.3, 0.4) is 0 Å². The number of thiophene rings is 1. The van der Waals surface area contributed by atoms with E-state index >= 15 is 0 Å². The molecule has 0 aromatic carbocycles. The Morgan fingerprint density at radius 3 is 2.74 bits per heavy atom. The number of carbonyl (C=O) groups excluding carboxylic acids is 1. The number of nitrogens with zero attached hydrogens (tertiary/aromatic N) is 1. The van der Waals surface area contributed by atoms with E-state index in [0.29, 0.717) is 5.92 Å². The minimum atomic E-state index is -0.807. The summed E-state index contributed by atoms with van der Waals surface area (Å²) in [5.41, 5.74) is 1.31. The first-order valence-corrected chi connectivity index (χ1v) is 7.63. The normalized spacial score (nSPS) is 30.5. The quantitative estimate of drug-likeness (QED) is 0.809. The molecule has 3 rings (SSSR count). The number of fused-ring (bicyclic) bond motifs is 1. The second-order valence-corrected chi connectivity index (χ2v) is 6.89. The van der Waals surface area contributed by atoms with Gasteiger partial charge in [-0.05, 0) is 36.8 Å². The van der Waals surface area contributed by atoms with Crippen LogP contribution >= 0.6 is 11.3 Å². The minimum Gasteiger partial charge on any atom is -0.388 e. The molecule has 1 amide bonds. The highest BCUT2D eigenvalue weighted by atomic mass is 32.1. The lowest BCUT2D eigenvalue weighted by Gasteiger charge is -2.16. The van der Waals surface area contributed by atoms with Gasteiger partial charge in [0.25, 0.3) is 5.91 Å². The topological polar surface area (TPSA) is 60.8 Å². The number of likely N-dealkylation sites (tertiary alicyclic amines) is 1. The van der Waals surface area contributed by atoms with Gasteiger partial charge in [-0.2, -0.15) is 0 Å². The number of hydrogen-bond acceptors (Lipinski definition) is 4. The van der Waals surface area contributed by atoms with Crippen molar-refractivity contribution in [2.75, 3.05) is 13.1 Å². The predicted octanol–water partition coefficient (Wildman–Crippen LogP) is 1.05. The van der Waals surface area contributed by atoms with E-state index in [0.717, 1.165) is 17.7 Å². The van der Waals surface area contributed by atoms with Crippen molar-refractivity contribution in [2.24, 2.45) is 5.92 Å². The van der Waals surface area contributed by atoms with Crippen molar-refractivity contribution in [1.29, 1.82) is 0 Å². The number of aliphatic hydroxyl groups is 2. The van der Waals surface area contributed by atoms with E-state index in [1.165, 1.54) is 16.9 Å². The third-order valence-corrected chi connectivity index (χ3v) is 5.31. The number of β-amino-alcohol motifs (C(OH)–C–C–N with tert-alkyl or cyclic N) is 2. The van der Waals surface area contributed by atoms with Gasteiger partial charge < -0.3 is 15.1 Å². The molecule has 3 unspecified atom stereocenters. The zero-order valence-electron chi connectivity index (χ0n) is 11.0. The molecular weight excluding hydrogens is 262 g/mol. The summed E-state index contributed by atoms with van der Waals surface area (Å²) in [4.78, 5) is 16.0. The second kappa shape index (κ2) is 4.89. The maximum absolute atomic E-state index is 12.4. The SMILES string of the molecule is CC1CCc2sc(C(=O)N3CC(O)C(O)C3)cc2C1. The summed E-state index contributed by atoms with van der Waals surface area (Å²) in [6.45, 7) is 2.72. The first-order chi connectivity index (χ1) is 9.04. The van der Waals surface area contributed by atoms with Crippen molar-refractivity contribution in [1.82, 2.24) is 4.90 Å². The van der Waals surface area contributed by atoms with Gasteiger partial charge in [0, 0.05) is 18.0 Å². The number of rotatable bonds is 1. The summed E-state index contributed by atoms with van der Waals surface area (Å²) in [5.74, 6) is 0.642. The number of aryl methyl sites for hydroxylation is 1. The average molecular weight is 281 g/mol. The largest absolute Gasteiger partial charge is 0.388 e.